The number of hydrogen-bond donors (Lipinski definition) is 1. The van der Waals surface area contributed by atoms with E-state index >= 15 is 0 Å². The molecule has 1 rings (SSSR count). The number of rotatable bonds is 8. The van der Waals surface area contributed by atoms with Gasteiger partial charge in [0.05, 0.1) is 0 Å². The summed E-state index contributed by atoms with van der Waals surface area (Å²) in [4.78, 5) is 2.70. The predicted octanol–water partition coefficient (Wildman–Crippen LogP) is 3.21. The van der Waals surface area contributed by atoms with Crippen molar-refractivity contribution in [3.8, 4) is 0 Å². The number of nitrogens with zero attached hydrogens (tertiary/aromatic N) is 1. The van der Waals surface area contributed by atoms with Crippen molar-refractivity contribution in [3.05, 3.63) is 0 Å². The molecule has 0 spiro atoms. The molecule has 14 heavy (non-hydrogen) atoms. The van der Waals surface area contributed by atoms with Crippen LogP contribution in [0.1, 0.15) is 46.0 Å². The minimum Gasteiger partial charge on any atom is -0.300 e. The molecule has 0 saturated heterocycles. The largest absolute Gasteiger partial charge is 0.300 e. The molecule has 0 bridgehead atoms. The van der Waals surface area contributed by atoms with E-state index in [0.717, 1.165) is 17.7 Å². The summed E-state index contributed by atoms with van der Waals surface area (Å²) in [6, 6.07) is 0.938. The lowest BCUT2D eigenvalue weighted by molar-refractivity contribution is 0.230. The lowest BCUT2D eigenvalue weighted by Gasteiger charge is -2.23. The highest BCUT2D eigenvalue weighted by Gasteiger charge is 2.28. The first-order valence-corrected chi connectivity index (χ1v) is 6.72. The Morgan fingerprint density at radius 1 is 1.21 bits per heavy atom. The van der Waals surface area contributed by atoms with Crippen LogP contribution in [0.3, 0.4) is 0 Å². The number of thiol groups is 1. The number of unbranched alkanes of at least 4 members (excludes halogenated alkanes) is 2. The van der Waals surface area contributed by atoms with Gasteiger partial charge in [-0.1, -0.05) is 20.3 Å². The quantitative estimate of drug-likeness (QED) is 0.481. The second-order valence-electron chi connectivity index (χ2n) is 4.90. The van der Waals surface area contributed by atoms with Gasteiger partial charge < -0.3 is 4.90 Å². The zero-order chi connectivity index (χ0) is 10.4. The molecule has 1 saturated carbocycles. The van der Waals surface area contributed by atoms with Gasteiger partial charge in [0.2, 0.25) is 0 Å². The Morgan fingerprint density at radius 3 is 2.43 bits per heavy atom. The molecule has 0 radical (unpaired) electrons. The van der Waals surface area contributed by atoms with Crippen molar-refractivity contribution < 1.29 is 0 Å². The molecule has 0 aliphatic heterocycles. The van der Waals surface area contributed by atoms with Crippen molar-refractivity contribution in [1.29, 1.82) is 0 Å². The van der Waals surface area contributed by atoms with E-state index in [2.05, 4.69) is 31.4 Å². The third-order valence-electron chi connectivity index (χ3n) is 2.77. The van der Waals surface area contributed by atoms with E-state index in [1.165, 1.54) is 45.2 Å². The van der Waals surface area contributed by atoms with Gasteiger partial charge in [-0.25, -0.2) is 0 Å². The normalized spacial score (nSPS) is 16.9. The Bertz CT molecular complexity index is 143. The fourth-order valence-corrected chi connectivity index (χ4v) is 2.16. The van der Waals surface area contributed by atoms with Crippen molar-refractivity contribution in [3.63, 3.8) is 0 Å². The second-order valence-corrected chi connectivity index (χ2v) is 5.35. The highest BCUT2D eigenvalue weighted by atomic mass is 32.1. The zero-order valence-electron chi connectivity index (χ0n) is 9.71. The maximum atomic E-state index is 4.24. The summed E-state index contributed by atoms with van der Waals surface area (Å²) in [5, 5.41) is 0. The van der Waals surface area contributed by atoms with Crippen molar-refractivity contribution in [2.45, 2.75) is 52.0 Å². The number of hydrogen-bond acceptors (Lipinski definition) is 2. The summed E-state index contributed by atoms with van der Waals surface area (Å²) in [6.07, 6.45) is 6.89. The first-order valence-electron chi connectivity index (χ1n) is 6.09. The van der Waals surface area contributed by atoms with Gasteiger partial charge in [-0.15, -0.1) is 0 Å². The molecule has 1 aliphatic rings. The molecular weight excluding hydrogens is 190 g/mol. The lowest BCUT2D eigenvalue weighted by Crippen LogP contribution is -2.30. The smallest absolute Gasteiger partial charge is 0.00965 e. The minimum atomic E-state index is 0.820. The summed E-state index contributed by atoms with van der Waals surface area (Å²) in [5.41, 5.74) is 0. The highest BCUT2D eigenvalue weighted by molar-refractivity contribution is 7.80. The summed E-state index contributed by atoms with van der Waals surface area (Å²) in [5.74, 6) is 1.87. The molecule has 2 heteroatoms. The van der Waals surface area contributed by atoms with E-state index in [1.807, 2.05) is 0 Å². The molecule has 0 N–H and O–H groups in total. The van der Waals surface area contributed by atoms with E-state index in [1.54, 1.807) is 0 Å². The van der Waals surface area contributed by atoms with E-state index < -0.39 is 0 Å². The lowest BCUT2D eigenvalue weighted by atomic mass is 10.2. The van der Waals surface area contributed by atoms with Gasteiger partial charge in [-0.3, -0.25) is 0 Å². The van der Waals surface area contributed by atoms with Crippen molar-refractivity contribution in [1.82, 2.24) is 4.90 Å². The first-order chi connectivity index (χ1) is 6.74. The molecule has 1 nitrogen and oxygen atoms in total. The molecule has 0 heterocycles. The molecule has 0 aromatic rings. The Morgan fingerprint density at radius 2 is 1.93 bits per heavy atom. The second kappa shape index (κ2) is 6.73. The molecule has 1 fully saturated rings. The highest BCUT2D eigenvalue weighted by Crippen LogP contribution is 2.27. The molecule has 0 aromatic heterocycles. The van der Waals surface area contributed by atoms with Crippen LogP contribution in [-0.2, 0) is 0 Å². The van der Waals surface area contributed by atoms with E-state index in [-0.39, 0.29) is 0 Å². The molecule has 0 aromatic carbocycles. The van der Waals surface area contributed by atoms with Crippen LogP contribution in [0.4, 0.5) is 0 Å². The van der Waals surface area contributed by atoms with E-state index in [0.29, 0.717) is 0 Å². The molecule has 84 valence electrons. The third kappa shape index (κ3) is 5.26. The maximum absolute atomic E-state index is 4.24. The first kappa shape index (κ1) is 12.4. The van der Waals surface area contributed by atoms with Crippen molar-refractivity contribution in [2.75, 3.05) is 18.8 Å². The van der Waals surface area contributed by atoms with Gasteiger partial charge in [0.25, 0.3) is 0 Å². The van der Waals surface area contributed by atoms with Gasteiger partial charge in [0.15, 0.2) is 0 Å². The van der Waals surface area contributed by atoms with Crippen molar-refractivity contribution in [2.24, 2.45) is 5.92 Å². The van der Waals surface area contributed by atoms with Gasteiger partial charge in [-0.05, 0) is 43.9 Å². The summed E-state index contributed by atoms with van der Waals surface area (Å²) in [6.45, 7) is 7.26. The van der Waals surface area contributed by atoms with Crippen LogP contribution in [0.5, 0.6) is 0 Å². The van der Waals surface area contributed by atoms with E-state index in [9.17, 15) is 0 Å². The Balaban J connectivity index is 2.09. The zero-order valence-corrected chi connectivity index (χ0v) is 10.6. The standard InChI is InChI=1S/C12H25NS/c1-11(2)10-13(12-6-7-12)8-4-3-5-9-14/h11-12,14H,3-10H2,1-2H3. The van der Waals surface area contributed by atoms with Crippen LogP contribution < -0.4 is 0 Å². The van der Waals surface area contributed by atoms with Crippen LogP contribution in [0, 0.1) is 5.92 Å². The molecule has 1 aliphatic carbocycles. The molecule has 0 unspecified atom stereocenters. The van der Waals surface area contributed by atoms with Gasteiger partial charge in [0.1, 0.15) is 0 Å². The summed E-state index contributed by atoms with van der Waals surface area (Å²) in [7, 11) is 0. The monoisotopic (exact) mass is 215 g/mol. The van der Waals surface area contributed by atoms with Gasteiger partial charge in [0, 0.05) is 12.6 Å². The fraction of sp³-hybridized carbons (Fsp3) is 1.00. The van der Waals surface area contributed by atoms with Crippen LogP contribution in [-0.4, -0.2) is 29.8 Å². The van der Waals surface area contributed by atoms with Crippen LogP contribution in [0.2, 0.25) is 0 Å². The van der Waals surface area contributed by atoms with E-state index in [4.69, 9.17) is 0 Å². The topological polar surface area (TPSA) is 3.24 Å². The Labute approximate surface area is 94.7 Å². The molecule has 0 atom stereocenters. The fourth-order valence-electron chi connectivity index (χ4n) is 1.94. The van der Waals surface area contributed by atoms with Crippen molar-refractivity contribution >= 4 is 12.6 Å². The average Bonchev–Trinajstić information content (AvgIpc) is 2.92. The SMILES string of the molecule is CC(C)CN(CCCCCS)C1CC1. The van der Waals surface area contributed by atoms with Gasteiger partial charge in [-0.2, -0.15) is 12.6 Å². The molecular formula is C12H25NS. The van der Waals surface area contributed by atoms with Crippen LogP contribution in [0.15, 0.2) is 0 Å². The third-order valence-corrected chi connectivity index (χ3v) is 3.08. The van der Waals surface area contributed by atoms with Crippen LogP contribution >= 0.6 is 12.6 Å². The average molecular weight is 215 g/mol. The summed E-state index contributed by atoms with van der Waals surface area (Å²) >= 11 is 4.24. The minimum absolute atomic E-state index is 0.820. The summed E-state index contributed by atoms with van der Waals surface area (Å²) < 4.78 is 0. The van der Waals surface area contributed by atoms with Gasteiger partial charge >= 0.3 is 0 Å². The Kier molecular flexibility index (Phi) is 5.95. The molecule has 0 amide bonds. The van der Waals surface area contributed by atoms with Crippen LogP contribution in [0.25, 0.3) is 0 Å². The Hall–Kier alpha value is 0.310. The predicted molar refractivity (Wildman–Crippen MR) is 67.1 cm³/mol. The maximum Gasteiger partial charge on any atom is 0.00965 e.